The molecule has 0 unspecified atom stereocenters. The third-order valence-corrected chi connectivity index (χ3v) is 4.48. The monoisotopic (exact) mass is 386 g/mol. The summed E-state index contributed by atoms with van der Waals surface area (Å²) in [4.78, 5) is 8.99. The van der Waals surface area contributed by atoms with Crippen molar-refractivity contribution < 1.29 is 17.9 Å². The van der Waals surface area contributed by atoms with Gasteiger partial charge >= 0.3 is 6.18 Å². The average molecular weight is 386 g/mol. The lowest BCUT2D eigenvalue weighted by atomic mass is 10.2. The predicted octanol–water partition coefficient (Wildman–Crippen LogP) is 3.52. The number of rotatable bonds is 7. The van der Waals surface area contributed by atoms with Crippen LogP contribution in [0.25, 0.3) is 0 Å². The molecule has 0 saturated carbocycles. The third-order valence-electron chi connectivity index (χ3n) is 4.48. The standard InChI is InChI=1S/C19H29F3N4O/c1-3-23-18(24-11-5-4-10-19(20,21)22)26-14-12-25(13-15-26)16-6-8-17(27-2)9-7-16/h6-9H,3-5,10-15H2,1-2H3,(H,23,24). The van der Waals surface area contributed by atoms with Crippen LogP contribution in [-0.2, 0) is 0 Å². The Balaban J connectivity index is 1.83. The molecule has 1 aliphatic heterocycles. The van der Waals surface area contributed by atoms with Crippen molar-refractivity contribution in [1.29, 1.82) is 0 Å². The van der Waals surface area contributed by atoms with E-state index in [1.165, 1.54) is 0 Å². The Morgan fingerprint density at radius 2 is 1.78 bits per heavy atom. The molecular formula is C19H29F3N4O. The van der Waals surface area contributed by atoms with Crippen LogP contribution < -0.4 is 15.0 Å². The van der Waals surface area contributed by atoms with Gasteiger partial charge < -0.3 is 19.9 Å². The molecule has 5 nitrogen and oxygen atoms in total. The summed E-state index contributed by atoms with van der Waals surface area (Å²) in [5.74, 6) is 1.63. The van der Waals surface area contributed by atoms with Crippen molar-refractivity contribution in [2.75, 3.05) is 51.3 Å². The van der Waals surface area contributed by atoms with E-state index in [4.69, 9.17) is 4.74 Å². The summed E-state index contributed by atoms with van der Waals surface area (Å²) < 4.78 is 41.8. The number of halogens is 3. The summed E-state index contributed by atoms with van der Waals surface area (Å²) >= 11 is 0. The first-order valence-electron chi connectivity index (χ1n) is 9.42. The molecule has 0 amide bonds. The maximum Gasteiger partial charge on any atom is 0.389 e. The molecule has 0 aromatic heterocycles. The quantitative estimate of drug-likeness (QED) is 0.442. The van der Waals surface area contributed by atoms with Gasteiger partial charge in [0.05, 0.1) is 7.11 Å². The Bertz CT molecular complexity index is 582. The van der Waals surface area contributed by atoms with Gasteiger partial charge in [0.25, 0.3) is 0 Å². The van der Waals surface area contributed by atoms with Crippen LogP contribution in [0.4, 0.5) is 18.9 Å². The van der Waals surface area contributed by atoms with Crippen LogP contribution in [-0.4, -0.2) is 63.4 Å². The van der Waals surface area contributed by atoms with Crippen LogP contribution in [0.3, 0.4) is 0 Å². The average Bonchev–Trinajstić information content (AvgIpc) is 2.66. The highest BCUT2D eigenvalue weighted by Gasteiger charge is 2.25. The van der Waals surface area contributed by atoms with E-state index < -0.39 is 12.6 Å². The van der Waals surface area contributed by atoms with Crippen LogP contribution in [0.2, 0.25) is 0 Å². The molecule has 0 aliphatic carbocycles. The molecule has 1 aromatic rings. The zero-order chi connectivity index (χ0) is 19.7. The summed E-state index contributed by atoms with van der Waals surface area (Å²) in [5.41, 5.74) is 1.16. The van der Waals surface area contributed by atoms with Crippen molar-refractivity contribution in [2.45, 2.75) is 32.4 Å². The number of hydrogen-bond acceptors (Lipinski definition) is 3. The topological polar surface area (TPSA) is 40.1 Å². The lowest BCUT2D eigenvalue weighted by Crippen LogP contribution is -2.52. The van der Waals surface area contributed by atoms with Gasteiger partial charge in [-0.15, -0.1) is 0 Å². The molecule has 27 heavy (non-hydrogen) atoms. The molecule has 0 bridgehead atoms. The van der Waals surface area contributed by atoms with Crippen LogP contribution in [0.1, 0.15) is 26.2 Å². The van der Waals surface area contributed by atoms with Crippen molar-refractivity contribution in [2.24, 2.45) is 4.99 Å². The zero-order valence-corrected chi connectivity index (χ0v) is 16.1. The smallest absolute Gasteiger partial charge is 0.389 e. The second-order valence-electron chi connectivity index (χ2n) is 6.48. The summed E-state index contributed by atoms with van der Waals surface area (Å²) in [6, 6.07) is 8.01. The van der Waals surface area contributed by atoms with Gasteiger partial charge in [-0.1, -0.05) is 0 Å². The van der Waals surface area contributed by atoms with E-state index in [0.29, 0.717) is 13.0 Å². The molecule has 1 N–H and O–H groups in total. The molecule has 152 valence electrons. The Morgan fingerprint density at radius 3 is 2.33 bits per heavy atom. The molecule has 8 heteroatoms. The lowest BCUT2D eigenvalue weighted by Gasteiger charge is -2.37. The Kier molecular flexibility index (Phi) is 8.06. The van der Waals surface area contributed by atoms with Gasteiger partial charge in [0.15, 0.2) is 5.96 Å². The summed E-state index contributed by atoms with van der Waals surface area (Å²) in [5, 5.41) is 3.25. The second-order valence-corrected chi connectivity index (χ2v) is 6.48. The van der Waals surface area contributed by atoms with E-state index in [1.54, 1.807) is 7.11 Å². The van der Waals surface area contributed by atoms with Crippen molar-refractivity contribution in [3.8, 4) is 5.75 Å². The van der Waals surface area contributed by atoms with E-state index in [0.717, 1.165) is 50.1 Å². The first-order chi connectivity index (χ1) is 12.9. The number of guanidine groups is 1. The molecule has 1 aliphatic rings. The number of alkyl halides is 3. The van der Waals surface area contributed by atoms with E-state index in [9.17, 15) is 13.2 Å². The maximum atomic E-state index is 12.2. The van der Waals surface area contributed by atoms with Crippen molar-refractivity contribution >= 4 is 11.6 Å². The number of hydrogen-bond donors (Lipinski definition) is 1. The predicted molar refractivity (Wildman–Crippen MR) is 103 cm³/mol. The van der Waals surface area contributed by atoms with Gasteiger partial charge in [-0.25, -0.2) is 0 Å². The molecular weight excluding hydrogens is 357 g/mol. The highest BCUT2D eigenvalue weighted by molar-refractivity contribution is 5.80. The normalized spacial score (nSPS) is 15.8. The molecule has 0 atom stereocenters. The summed E-state index contributed by atoms with van der Waals surface area (Å²) in [6.45, 7) is 6.51. The lowest BCUT2D eigenvalue weighted by molar-refractivity contribution is -0.135. The fraction of sp³-hybridized carbons (Fsp3) is 0.632. The van der Waals surface area contributed by atoms with Crippen LogP contribution in [0.15, 0.2) is 29.3 Å². The molecule has 1 aromatic carbocycles. The number of nitrogens with one attached hydrogen (secondary N) is 1. The number of ether oxygens (including phenoxy) is 1. The molecule has 1 saturated heterocycles. The largest absolute Gasteiger partial charge is 0.497 e. The second kappa shape index (κ2) is 10.3. The Labute approximate surface area is 159 Å². The SMILES string of the molecule is CCNC(=NCCCCC(F)(F)F)N1CCN(c2ccc(OC)cc2)CC1. The van der Waals surface area contributed by atoms with Gasteiger partial charge in [0.1, 0.15) is 5.75 Å². The van der Waals surface area contributed by atoms with Crippen molar-refractivity contribution in [3.05, 3.63) is 24.3 Å². The summed E-state index contributed by atoms with van der Waals surface area (Å²) in [7, 11) is 1.65. The molecule has 1 fully saturated rings. The number of unbranched alkanes of at least 4 members (excludes halogenated alkanes) is 1. The van der Waals surface area contributed by atoms with E-state index in [1.807, 2.05) is 19.1 Å². The van der Waals surface area contributed by atoms with E-state index in [2.05, 4.69) is 32.2 Å². The number of nitrogens with zero attached hydrogens (tertiary/aromatic N) is 3. The van der Waals surface area contributed by atoms with Crippen molar-refractivity contribution in [3.63, 3.8) is 0 Å². The number of aliphatic imine (C=N–C) groups is 1. The first kappa shape index (κ1) is 21.2. The highest BCUT2D eigenvalue weighted by atomic mass is 19.4. The molecule has 2 rings (SSSR count). The Hall–Kier alpha value is -2.12. The zero-order valence-electron chi connectivity index (χ0n) is 16.1. The first-order valence-corrected chi connectivity index (χ1v) is 9.42. The van der Waals surface area contributed by atoms with Crippen molar-refractivity contribution in [1.82, 2.24) is 10.2 Å². The molecule has 1 heterocycles. The van der Waals surface area contributed by atoms with Gasteiger partial charge in [-0.3, -0.25) is 4.99 Å². The van der Waals surface area contributed by atoms with Gasteiger partial charge in [-0.05, 0) is 44.0 Å². The summed E-state index contributed by atoms with van der Waals surface area (Å²) in [6.07, 6.45) is -4.25. The van der Waals surface area contributed by atoms with E-state index >= 15 is 0 Å². The Morgan fingerprint density at radius 1 is 1.11 bits per heavy atom. The highest BCUT2D eigenvalue weighted by Crippen LogP contribution is 2.22. The number of benzene rings is 1. The molecule has 0 radical (unpaired) electrons. The number of methoxy groups -OCH3 is 1. The fourth-order valence-electron chi connectivity index (χ4n) is 3.02. The minimum atomic E-state index is -4.08. The van der Waals surface area contributed by atoms with Crippen LogP contribution in [0, 0.1) is 0 Å². The number of anilines is 1. The van der Waals surface area contributed by atoms with E-state index in [-0.39, 0.29) is 6.42 Å². The van der Waals surface area contributed by atoms with Crippen LogP contribution in [0.5, 0.6) is 5.75 Å². The third kappa shape index (κ3) is 7.19. The van der Waals surface area contributed by atoms with Gasteiger partial charge in [0.2, 0.25) is 0 Å². The fourth-order valence-corrected chi connectivity index (χ4v) is 3.02. The minimum absolute atomic E-state index is 0.123. The minimum Gasteiger partial charge on any atom is -0.497 e. The maximum absolute atomic E-state index is 12.2. The van der Waals surface area contributed by atoms with Gasteiger partial charge in [-0.2, -0.15) is 13.2 Å². The van der Waals surface area contributed by atoms with Crippen LogP contribution >= 0.6 is 0 Å². The molecule has 0 spiro atoms. The number of piperazine rings is 1. The van der Waals surface area contributed by atoms with Gasteiger partial charge in [0, 0.05) is 51.4 Å².